The molecule has 5 rings (SSSR count). The van der Waals surface area contributed by atoms with Crippen LogP contribution in [0.15, 0.2) is 100 Å². The summed E-state index contributed by atoms with van der Waals surface area (Å²) in [6.45, 7) is 1.37. The van der Waals surface area contributed by atoms with Crippen molar-refractivity contribution in [3.63, 3.8) is 0 Å². The van der Waals surface area contributed by atoms with Crippen molar-refractivity contribution in [1.82, 2.24) is 9.55 Å². The molecule has 2 aromatic carbocycles. The number of aromatic amines is 1. The van der Waals surface area contributed by atoms with Gasteiger partial charge in [-0.05, 0) is 29.7 Å². The van der Waals surface area contributed by atoms with Crippen LogP contribution in [0.3, 0.4) is 0 Å². The van der Waals surface area contributed by atoms with Crippen LogP contribution in [0.4, 0.5) is 0 Å². The third kappa shape index (κ3) is 4.61. The molecule has 1 aliphatic heterocycles. The van der Waals surface area contributed by atoms with E-state index < -0.39 is 41.4 Å². The number of aryl methyl sites for hydroxylation is 1. The van der Waals surface area contributed by atoms with Crippen LogP contribution in [-0.4, -0.2) is 50.5 Å². The highest BCUT2D eigenvalue weighted by Crippen LogP contribution is 2.43. The first kappa shape index (κ1) is 25.7. The molecule has 1 saturated heterocycles. The molecule has 2 aliphatic rings. The Labute approximate surface area is 218 Å². The van der Waals surface area contributed by atoms with Gasteiger partial charge in [0.25, 0.3) is 5.56 Å². The smallest absolute Gasteiger partial charge is 0.330 e. The number of carbonyl (C=O) groups excluding carboxylic acids is 1. The Morgan fingerprint density at radius 1 is 0.974 bits per heavy atom. The molecule has 0 spiro atoms. The zero-order valence-corrected chi connectivity index (χ0v) is 20.7. The van der Waals surface area contributed by atoms with Crippen molar-refractivity contribution in [3.8, 4) is 0 Å². The number of nitrogens with zero attached hydrogens (tertiary/aromatic N) is 1. The zero-order chi connectivity index (χ0) is 26.9. The van der Waals surface area contributed by atoms with E-state index in [1.807, 2.05) is 66.7 Å². The van der Waals surface area contributed by atoms with E-state index in [2.05, 4.69) is 4.98 Å². The minimum absolute atomic E-state index is 0.0223. The van der Waals surface area contributed by atoms with Crippen molar-refractivity contribution in [1.29, 1.82) is 0 Å². The number of nitrogens with one attached hydrogen (secondary N) is 1. The molecular formula is C29H28N2O7. The highest BCUT2D eigenvalue weighted by molar-refractivity contribution is 5.93. The van der Waals surface area contributed by atoms with Gasteiger partial charge in [0.15, 0.2) is 12.0 Å². The second kappa shape index (κ2) is 10.5. The number of ketones is 1. The van der Waals surface area contributed by atoms with E-state index in [9.17, 15) is 24.6 Å². The fraction of sp³-hybridized carbons (Fsp3) is 0.276. The van der Waals surface area contributed by atoms with Gasteiger partial charge in [-0.2, -0.15) is 0 Å². The second-order valence-corrected chi connectivity index (χ2v) is 9.41. The van der Waals surface area contributed by atoms with Crippen LogP contribution in [0, 0.1) is 6.92 Å². The van der Waals surface area contributed by atoms with Crippen LogP contribution in [0.1, 0.15) is 29.3 Å². The Kier molecular flexibility index (Phi) is 7.09. The molecule has 0 radical (unpaired) electrons. The number of aliphatic hydroxyl groups is 2. The predicted octanol–water partition coefficient (Wildman–Crippen LogP) is 1.88. The zero-order valence-electron chi connectivity index (χ0n) is 20.7. The topological polar surface area (TPSA) is 131 Å². The molecular weight excluding hydrogens is 488 g/mol. The lowest BCUT2D eigenvalue weighted by Crippen LogP contribution is -2.40. The molecule has 0 unspecified atom stereocenters. The Hall–Kier alpha value is -3.89. The van der Waals surface area contributed by atoms with E-state index in [-0.39, 0.29) is 24.4 Å². The fourth-order valence-electron chi connectivity index (χ4n) is 4.97. The Morgan fingerprint density at radius 2 is 1.61 bits per heavy atom. The summed E-state index contributed by atoms with van der Waals surface area (Å²) in [5, 5.41) is 21.6. The van der Waals surface area contributed by atoms with E-state index in [0.717, 1.165) is 21.3 Å². The third-order valence-corrected chi connectivity index (χ3v) is 6.96. The molecule has 1 fully saturated rings. The lowest BCUT2D eigenvalue weighted by molar-refractivity contribution is -0.114. The second-order valence-electron chi connectivity index (χ2n) is 9.41. The van der Waals surface area contributed by atoms with E-state index in [1.54, 1.807) is 6.08 Å². The summed E-state index contributed by atoms with van der Waals surface area (Å²) in [6, 6.07) is 19.0. The average Bonchev–Trinajstić information content (AvgIpc) is 3.22. The number of carbonyl (C=O) groups is 1. The van der Waals surface area contributed by atoms with E-state index in [1.165, 1.54) is 19.2 Å². The third-order valence-electron chi connectivity index (χ3n) is 6.96. The number of ether oxygens (including phenoxy) is 2. The monoisotopic (exact) mass is 516 g/mol. The number of H-pyrrole nitrogens is 1. The molecule has 0 saturated carbocycles. The van der Waals surface area contributed by atoms with Crippen LogP contribution in [0.5, 0.6) is 0 Å². The van der Waals surface area contributed by atoms with Crippen molar-refractivity contribution in [3.05, 3.63) is 128 Å². The van der Waals surface area contributed by atoms with Crippen molar-refractivity contribution < 1.29 is 24.5 Å². The first-order chi connectivity index (χ1) is 18.3. The first-order valence-electron chi connectivity index (χ1n) is 12.3. The van der Waals surface area contributed by atoms with Gasteiger partial charge in [0.05, 0.1) is 6.61 Å². The minimum atomic E-state index is -1.44. The highest BCUT2D eigenvalue weighted by Gasteiger charge is 2.47. The van der Waals surface area contributed by atoms with Gasteiger partial charge in [-0.25, -0.2) is 4.79 Å². The van der Waals surface area contributed by atoms with Crippen molar-refractivity contribution >= 4 is 5.78 Å². The molecule has 38 heavy (non-hydrogen) atoms. The minimum Gasteiger partial charge on any atom is -0.387 e. The number of hydrogen-bond donors (Lipinski definition) is 3. The van der Waals surface area contributed by atoms with Crippen LogP contribution >= 0.6 is 0 Å². The Balaban J connectivity index is 1.52. The fourth-order valence-corrected chi connectivity index (χ4v) is 4.97. The summed E-state index contributed by atoms with van der Waals surface area (Å²) in [4.78, 5) is 38.4. The molecule has 4 atom stereocenters. The van der Waals surface area contributed by atoms with Crippen LogP contribution < -0.4 is 11.2 Å². The standard InChI is InChI=1S/C29H28N2O7/c1-18-16-31(28(36)30-26(18)35)27-25(34)24(33)23(38-27)17-37-29(19-8-4-2-5-9-19,20-10-6-3-7-11-20)21-12-14-22(32)15-13-21/h2-14,16,23-25,27,33-34H,15,17H2,1H3,(H,30,35,36)/t23-,24-,25-,27-/m1/s1. The van der Waals surface area contributed by atoms with Gasteiger partial charge in [-0.3, -0.25) is 19.1 Å². The maximum atomic E-state index is 12.4. The Morgan fingerprint density at radius 3 is 2.18 bits per heavy atom. The molecule has 1 aliphatic carbocycles. The number of aromatic nitrogens is 2. The molecule has 3 aromatic rings. The van der Waals surface area contributed by atoms with Crippen molar-refractivity contribution in [2.24, 2.45) is 0 Å². The summed E-state index contributed by atoms with van der Waals surface area (Å²) in [5.74, 6) is -0.0223. The lowest BCUT2D eigenvalue weighted by atomic mass is 9.77. The molecule has 9 heteroatoms. The Bertz CT molecular complexity index is 1450. The summed E-state index contributed by atoms with van der Waals surface area (Å²) in [5.41, 5.74) is 0.142. The number of aliphatic hydroxyl groups excluding tert-OH is 2. The maximum Gasteiger partial charge on any atom is 0.330 e. The number of benzene rings is 2. The molecule has 0 amide bonds. The van der Waals surface area contributed by atoms with E-state index >= 15 is 0 Å². The van der Waals surface area contributed by atoms with Gasteiger partial charge >= 0.3 is 5.69 Å². The van der Waals surface area contributed by atoms with Gasteiger partial charge in [0, 0.05) is 18.2 Å². The molecule has 1 aromatic heterocycles. The molecule has 2 heterocycles. The van der Waals surface area contributed by atoms with Gasteiger partial charge in [0.1, 0.15) is 23.9 Å². The van der Waals surface area contributed by atoms with Gasteiger partial charge < -0.3 is 19.7 Å². The van der Waals surface area contributed by atoms with Gasteiger partial charge in [0.2, 0.25) is 0 Å². The van der Waals surface area contributed by atoms with E-state index in [4.69, 9.17) is 9.47 Å². The van der Waals surface area contributed by atoms with E-state index in [0.29, 0.717) is 0 Å². The number of allylic oxidation sites excluding steroid dienone is 2. The number of hydrogen-bond acceptors (Lipinski definition) is 7. The molecule has 9 nitrogen and oxygen atoms in total. The molecule has 0 bridgehead atoms. The summed E-state index contributed by atoms with van der Waals surface area (Å²) in [6.07, 6.45) is 1.54. The quantitative estimate of drug-likeness (QED) is 0.437. The summed E-state index contributed by atoms with van der Waals surface area (Å²) >= 11 is 0. The van der Waals surface area contributed by atoms with Crippen LogP contribution in [0.2, 0.25) is 0 Å². The maximum absolute atomic E-state index is 12.4. The summed E-state index contributed by atoms with van der Waals surface area (Å²) < 4.78 is 13.7. The van der Waals surface area contributed by atoms with Crippen molar-refractivity contribution in [2.45, 2.75) is 43.5 Å². The van der Waals surface area contributed by atoms with Crippen LogP contribution in [0.25, 0.3) is 0 Å². The van der Waals surface area contributed by atoms with Crippen LogP contribution in [-0.2, 0) is 19.9 Å². The molecule has 3 N–H and O–H groups in total. The largest absolute Gasteiger partial charge is 0.387 e. The lowest BCUT2D eigenvalue weighted by Gasteiger charge is -2.38. The molecule has 196 valence electrons. The SMILES string of the molecule is Cc1cn([C@@H]2O[C@H](COC(C3=CCC(=O)C=C3)(c3ccccc3)c3ccccc3)[C@@H](O)[C@H]2O)c(=O)[nH]c1=O. The predicted molar refractivity (Wildman–Crippen MR) is 138 cm³/mol. The van der Waals surface area contributed by atoms with Gasteiger partial charge in [-0.15, -0.1) is 0 Å². The first-order valence-corrected chi connectivity index (χ1v) is 12.3. The average molecular weight is 517 g/mol. The highest BCUT2D eigenvalue weighted by atomic mass is 16.6. The number of rotatable bonds is 7. The summed E-state index contributed by atoms with van der Waals surface area (Å²) in [7, 11) is 0. The normalized spacial score (nSPS) is 23.4. The van der Waals surface area contributed by atoms with Gasteiger partial charge in [-0.1, -0.05) is 72.8 Å². The van der Waals surface area contributed by atoms with Crippen molar-refractivity contribution in [2.75, 3.05) is 6.61 Å².